The van der Waals surface area contributed by atoms with E-state index in [2.05, 4.69) is 10.3 Å². The lowest BCUT2D eigenvalue weighted by molar-refractivity contribution is -0.152. The Morgan fingerprint density at radius 1 is 0.949 bits per heavy atom. The van der Waals surface area contributed by atoms with Crippen molar-refractivity contribution in [1.82, 2.24) is 10.3 Å². The Hall–Kier alpha value is -4.34. The predicted molar refractivity (Wildman–Crippen MR) is 138 cm³/mol. The molecule has 206 valence electrons. The zero-order valence-corrected chi connectivity index (χ0v) is 22.1. The molecule has 2 atom stereocenters. The van der Waals surface area contributed by atoms with E-state index in [-0.39, 0.29) is 23.1 Å². The fourth-order valence-corrected chi connectivity index (χ4v) is 4.04. The van der Waals surface area contributed by atoms with Gasteiger partial charge in [-0.1, -0.05) is 24.3 Å². The molecule has 0 saturated heterocycles. The van der Waals surface area contributed by atoms with Crippen LogP contribution in [-0.2, 0) is 27.2 Å². The van der Waals surface area contributed by atoms with Gasteiger partial charge in [0.15, 0.2) is 11.4 Å². The fraction of sp³-hybridized carbons (Fsp3) is 0.310. The van der Waals surface area contributed by atoms with Gasteiger partial charge >= 0.3 is 11.9 Å². The maximum Gasteiger partial charge on any atom is 0.328 e. The molecule has 1 amide bonds. The van der Waals surface area contributed by atoms with E-state index < -0.39 is 41.6 Å². The number of hydrogen-bond acceptors (Lipinski definition) is 7. The molecule has 2 aromatic carbocycles. The van der Waals surface area contributed by atoms with Gasteiger partial charge in [-0.05, 0) is 62.1 Å². The number of nitrogens with one attached hydrogen (secondary N) is 1. The summed E-state index contributed by atoms with van der Waals surface area (Å²) in [5.41, 5.74) is 1.15. The van der Waals surface area contributed by atoms with Gasteiger partial charge in [0, 0.05) is 25.1 Å². The van der Waals surface area contributed by atoms with Crippen molar-refractivity contribution in [3.8, 4) is 11.5 Å². The van der Waals surface area contributed by atoms with Gasteiger partial charge in [0.2, 0.25) is 5.75 Å². The number of methoxy groups -OCH3 is 1. The molecule has 39 heavy (non-hydrogen) atoms. The lowest BCUT2D eigenvalue weighted by Gasteiger charge is -2.26. The molecule has 1 heterocycles. The van der Waals surface area contributed by atoms with E-state index in [0.29, 0.717) is 24.0 Å². The first-order valence-electron chi connectivity index (χ1n) is 12.3. The Morgan fingerprint density at radius 2 is 1.54 bits per heavy atom. The lowest BCUT2D eigenvalue weighted by Crippen LogP contribution is -2.42. The van der Waals surface area contributed by atoms with Crippen molar-refractivity contribution in [2.45, 2.75) is 45.8 Å². The second-order valence-corrected chi connectivity index (χ2v) is 9.05. The number of carbonyl (C=O) groups excluding carboxylic acids is 3. The fourth-order valence-electron chi connectivity index (χ4n) is 4.04. The van der Waals surface area contributed by atoms with Crippen molar-refractivity contribution in [2.75, 3.05) is 7.11 Å². The molecule has 3 rings (SSSR count). The highest BCUT2D eigenvalue weighted by atomic mass is 19.1. The summed E-state index contributed by atoms with van der Waals surface area (Å²) >= 11 is 0. The SMILES string of the molecule is COc1ccnc(C(=O)N[C@@H](C)C(=O)OC(C)C(Cc2cccc(F)c2)Cc2cccc(F)c2)c1OC(C)=O. The average molecular weight is 541 g/mol. The number of halogens is 2. The monoisotopic (exact) mass is 540 g/mol. The molecule has 1 unspecified atom stereocenters. The third-order valence-electron chi connectivity index (χ3n) is 5.99. The van der Waals surface area contributed by atoms with Crippen LogP contribution in [0.1, 0.15) is 42.4 Å². The first-order chi connectivity index (χ1) is 18.6. The molecule has 1 N–H and O–H groups in total. The third kappa shape index (κ3) is 8.33. The van der Waals surface area contributed by atoms with Crippen LogP contribution in [0.5, 0.6) is 11.5 Å². The molecule has 0 radical (unpaired) electrons. The molecule has 0 saturated carbocycles. The van der Waals surface area contributed by atoms with Crippen molar-refractivity contribution in [1.29, 1.82) is 0 Å². The predicted octanol–water partition coefficient (Wildman–Crippen LogP) is 4.45. The van der Waals surface area contributed by atoms with Gasteiger partial charge in [-0.15, -0.1) is 0 Å². The van der Waals surface area contributed by atoms with Crippen LogP contribution in [0, 0.1) is 17.6 Å². The molecule has 3 aromatic rings. The van der Waals surface area contributed by atoms with Crippen LogP contribution in [0.15, 0.2) is 60.8 Å². The van der Waals surface area contributed by atoms with Crippen LogP contribution in [-0.4, -0.2) is 42.1 Å². The van der Waals surface area contributed by atoms with Gasteiger partial charge < -0.3 is 19.5 Å². The zero-order chi connectivity index (χ0) is 28.5. The highest BCUT2D eigenvalue weighted by Gasteiger charge is 2.28. The lowest BCUT2D eigenvalue weighted by atomic mass is 9.88. The minimum absolute atomic E-state index is 0.117. The maximum atomic E-state index is 13.8. The number of esters is 2. The van der Waals surface area contributed by atoms with Crippen molar-refractivity contribution < 1.29 is 37.4 Å². The van der Waals surface area contributed by atoms with Gasteiger partial charge in [0.05, 0.1) is 7.11 Å². The van der Waals surface area contributed by atoms with Gasteiger partial charge in [-0.2, -0.15) is 0 Å². The molecule has 8 nitrogen and oxygen atoms in total. The average Bonchev–Trinajstić information content (AvgIpc) is 2.88. The van der Waals surface area contributed by atoms with Gasteiger partial charge in [-0.25, -0.2) is 18.6 Å². The van der Waals surface area contributed by atoms with Crippen LogP contribution in [0.25, 0.3) is 0 Å². The number of nitrogens with zero attached hydrogens (tertiary/aromatic N) is 1. The zero-order valence-electron chi connectivity index (χ0n) is 22.1. The Kier molecular flexibility index (Phi) is 10.1. The van der Waals surface area contributed by atoms with Crippen molar-refractivity contribution >= 4 is 17.8 Å². The molecule has 0 fully saturated rings. The van der Waals surface area contributed by atoms with Crippen molar-refractivity contribution in [3.63, 3.8) is 0 Å². The first kappa shape index (κ1) is 29.2. The molecule has 0 spiro atoms. The number of carbonyl (C=O) groups is 3. The van der Waals surface area contributed by atoms with E-state index in [4.69, 9.17) is 14.2 Å². The minimum atomic E-state index is -1.10. The first-order valence-corrected chi connectivity index (χ1v) is 12.3. The summed E-state index contributed by atoms with van der Waals surface area (Å²) in [6, 6.07) is 12.5. The molecule has 0 aliphatic rings. The smallest absolute Gasteiger partial charge is 0.328 e. The number of ether oxygens (including phenoxy) is 3. The molecule has 10 heteroatoms. The van der Waals surface area contributed by atoms with Crippen LogP contribution in [0.2, 0.25) is 0 Å². The summed E-state index contributed by atoms with van der Waals surface area (Å²) in [4.78, 5) is 41.3. The number of rotatable bonds is 11. The van der Waals surface area contributed by atoms with Crippen LogP contribution in [0.4, 0.5) is 8.78 Å². The summed E-state index contributed by atoms with van der Waals surface area (Å²) in [6.45, 7) is 4.30. The highest BCUT2D eigenvalue weighted by Crippen LogP contribution is 2.30. The number of hydrogen-bond donors (Lipinski definition) is 1. The van der Waals surface area contributed by atoms with E-state index in [1.54, 1.807) is 31.2 Å². The van der Waals surface area contributed by atoms with E-state index in [9.17, 15) is 23.2 Å². The van der Waals surface area contributed by atoms with E-state index in [1.807, 2.05) is 0 Å². The molecule has 0 bridgehead atoms. The summed E-state index contributed by atoms with van der Waals surface area (Å²) in [6.07, 6.45) is 1.36. The van der Waals surface area contributed by atoms with Crippen LogP contribution in [0.3, 0.4) is 0 Å². The summed E-state index contributed by atoms with van der Waals surface area (Å²) in [7, 11) is 1.34. The second-order valence-electron chi connectivity index (χ2n) is 9.05. The van der Waals surface area contributed by atoms with Crippen LogP contribution < -0.4 is 14.8 Å². The van der Waals surface area contributed by atoms with E-state index in [1.165, 1.54) is 57.5 Å². The Labute approximate surface area is 225 Å². The third-order valence-corrected chi connectivity index (χ3v) is 5.99. The quantitative estimate of drug-likeness (QED) is 0.359. The van der Waals surface area contributed by atoms with Crippen molar-refractivity contribution in [2.24, 2.45) is 5.92 Å². The van der Waals surface area contributed by atoms with Crippen LogP contribution >= 0.6 is 0 Å². The topological polar surface area (TPSA) is 104 Å². The molecular formula is C29H30F2N2O6. The standard InChI is InChI=1S/C29H30F2N2O6/c1-17(33-28(35)26-27(39-19(3)34)25(37-4)11-12-32-26)29(36)38-18(2)22(13-20-7-5-9-23(30)15-20)14-21-8-6-10-24(31)16-21/h5-12,15-18,22H,13-14H2,1-4H3,(H,33,35)/t17-,18?/m0/s1. The Bertz CT molecular complexity index is 1290. The van der Waals surface area contributed by atoms with Gasteiger partial charge in [0.25, 0.3) is 5.91 Å². The number of amides is 1. The van der Waals surface area contributed by atoms with Crippen molar-refractivity contribution in [3.05, 3.63) is 89.2 Å². The summed E-state index contributed by atoms with van der Waals surface area (Å²) < 4.78 is 43.5. The molecule has 1 aromatic heterocycles. The number of aromatic nitrogens is 1. The normalized spacial score (nSPS) is 12.4. The van der Waals surface area contributed by atoms with E-state index in [0.717, 1.165) is 0 Å². The van der Waals surface area contributed by atoms with Gasteiger partial charge in [-0.3, -0.25) is 9.59 Å². The molecule has 0 aliphatic heterocycles. The highest BCUT2D eigenvalue weighted by molar-refractivity contribution is 5.98. The molecule has 0 aliphatic carbocycles. The maximum absolute atomic E-state index is 13.8. The number of pyridine rings is 1. The summed E-state index contributed by atoms with van der Waals surface area (Å²) in [5, 5.41) is 2.50. The minimum Gasteiger partial charge on any atom is -0.493 e. The summed E-state index contributed by atoms with van der Waals surface area (Å²) in [5.74, 6) is -3.35. The molecular weight excluding hydrogens is 510 g/mol. The van der Waals surface area contributed by atoms with E-state index >= 15 is 0 Å². The van der Waals surface area contributed by atoms with Gasteiger partial charge in [0.1, 0.15) is 23.8 Å². The Morgan fingerprint density at radius 3 is 2.05 bits per heavy atom. The largest absolute Gasteiger partial charge is 0.493 e. The Balaban J connectivity index is 1.73. The number of benzene rings is 2. The second kappa shape index (κ2) is 13.5.